The lowest BCUT2D eigenvalue weighted by Crippen LogP contribution is -2.02. The second kappa shape index (κ2) is 3.05. The first-order chi connectivity index (χ1) is 5.77. The Hall–Kier alpha value is -0.570. The number of nitrogen functional groups attached to an aromatic ring is 1. The topological polar surface area (TPSA) is 38.9 Å². The first-order valence-electron chi connectivity index (χ1n) is 4.48. The maximum Gasteiger partial charge on any atom is 0.180 e. The van der Waals surface area contributed by atoms with E-state index in [1.807, 2.05) is 0 Å². The maximum atomic E-state index is 5.60. The summed E-state index contributed by atoms with van der Waals surface area (Å²) in [6.45, 7) is 2.31. The van der Waals surface area contributed by atoms with Crippen molar-refractivity contribution in [2.45, 2.75) is 32.1 Å². The summed E-state index contributed by atoms with van der Waals surface area (Å²) in [5, 5.41) is 2.83. The molecule has 12 heavy (non-hydrogen) atoms. The van der Waals surface area contributed by atoms with Crippen LogP contribution in [0, 0.1) is 5.92 Å². The van der Waals surface area contributed by atoms with Gasteiger partial charge in [-0.25, -0.2) is 4.98 Å². The molecule has 0 amide bonds. The van der Waals surface area contributed by atoms with Crippen LogP contribution < -0.4 is 5.73 Å². The Morgan fingerprint density at radius 2 is 2.42 bits per heavy atom. The molecule has 0 aliphatic heterocycles. The van der Waals surface area contributed by atoms with Gasteiger partial charge in [-0.2, -0.15) is 0 Å². The average molecular weight is 182 g/mol. The van der Waals surface area contributed by atoms with Gasteiger partial charge in [-0.15, -0.1) is 11.3 Å². The highest BCUT2D eigenvalue weighted by Crippen LogP contribution is 2.39. The monoisotopic (exact) mass is 182 g/mol. The van der Waals surface area contributed by atoms with E-state index in [4.69, 9.17) is 5.73 Å². The molecule has 1 aliphatic rings. The van der Waals surface area contributed by atoms with E-state index in [1.165, 1.54) is 25.0 Å². The van der Waals surface area contributed by atoms with Crippen LogP contribution in [0.2, 0.25) is 0 Å². The Bertz CT molecular complexity index is 269. The minimum atomic E-state index is 0.679. The van der Waals surface area contributed by atoms with Gasteiger partial charge in [-0.1, -0.05) is 19.8 Å². The van der Waals surface area contributed by atoms with Gasteiger partial charge >= 0.3 is 0 Å². The smallest absolute Gasteiger partial charge is 0.180 e. The van der Waals surface area contributed by atoms with Crippen molar-refractivity contribution in [1.82, 2.24) is 4.98 Å². The van der Waals surface area contributed by atoms with Gasteiger partial charge in [0.1, 0.15) is 0 Å². The Morgan fingerprint density at radius 3 is 2.92 bits per heavy atom. The summed E-state index contributed by atoms with van der Waals surface area (Å²) >= 11 is 1.56. The molecule has 2 unspecified atom stereocenters. The predicted octanol–water partition coefficient (Wildman–Crippen LogP) is 2.63. The number of aromatic nitrogens is 1. The van der Waals surface area contributed by atoms with Gasteiger partial charge < -0.3 is 5.73 Å². The standard InChI is InChI=1S/C9H14N2S/c1-6-3-2-4-7(6)8-5-12-9(10)11-8/h5-7H,2-4H2,1H3,(H2,10,11). The summed E-state index contributed by atoms with van der Waals surface area (Å²) in [5.41, 5.74) is 6.82. The number of anilines is 1. The number of rotatable bonds is 1. The van der Waals surface area contributed by atoms with Gasteiger partial charge in [-0.3, -0.25) is 0 Å². The van der Waals surface area contributed by atoms with Gasteiger partial charge in [0.25, 0.3) is 0 Å². The van der Waals surface area contributed by atoms with Crippen LogP contribution in [0.25, 0.3) is 0 Å². The number of nitrogens with zero attached hydrogens (tertiary/aromatic N) is 1. The lowest BCUT2D eigenvalue weighted by atomic mass is 9.96. The number of hydrogen-bond acceptors (Lipinski definition) is 3. The number of hydrogen-bond donors (Lipinski definition) is 1. The molecular weight excluding hydrogens is 168 g/mol. The van der Waals surface area contributed by atoms with Crippen molar-refractivity contribution >= 4 is 16.5 Å². The van der Waals surface area contributed by atoms with E-state index in [9.17, 15) is 0 Å². The van der Waals surface area contributed by atoms with Gasteiger partial charge in [0.15, 0.2) is 5.13 Å². The van der Waals surface area contributed by atoms with E-state index in [-0.39, 0.29) is 0 Å². The van der Waals surface area contributed by atoms with Crippen LogP contribution in [-0.2, 0) is 0 Å². The third-order valence-corrected chi connectivity index (χ3v) is 3.47. The fourth-order valence-electron chi connectivity index (χ4n) is 2.06. The summed E-state index contributed by atoms with van der Waals surface area (Å²) < 4.78 is 0. The molecular formula is C9H14N2S. The lowest BCUT2D eigenvalue weighted by Gasteiger charge is -2.11. The first kappa shape index (κ1) is 8.05. The van der Waals surface area contributed by atoms with E-state index < -0.39 is 0 Å². The van der Waals surface area contributed by atoms with Crippen LogP contribution in [0.1, 0.15) is 37.8 Å². The third-order valence-electron chi connectivity index (χ3n) is 2.78. The minimum absolute atomic E-state index is 0.679. The van der Waals surface area contributed by atoms with Crippen LogP contribution in [0.5, 0.6) is 0 Å². The summed E-state index contributed by atoms with van der Waals surface area (Å²) in [6, 6.07) is 0. The molecule has 0 aromatic carbocycles. The fourth-order valence-corrected chi connectivity index (χ4v) is 2.68. The molecule has 1 fully saturated rings. The van der Waals surface area contributed by atoms with Crippen molar-refractivity contribution in [3.8, 4) is 0 Å². The molecule has 2 rings (SSSR count). The van der Waals surface area contributed by atoms with Crippen LogP contribution >= 0.6 is 11.3 Å². The van der Waals surface area contributed by atoms with Crippen molar-refractivity contribution in [2.24, 2.45) is 5.92 Å². The Morgan fingerprint density at radius 1 is 1.58 bits per heavy atom. The van der Waals surface area contributed by atoms with Crippen molar-refractivity contribution in [1.29, 1.82) is 0 Å². The van der Waals surface area contributed by atoms with E-state index in [0.29, 0.717) is 11.0 Å². The molecule has 66 valence electrons. The van der Waals surface area contributed by atoms with Crippen molar-refractivity contribution < 1.29 is 0 Å². The van der Waals surface area contributed by atoms with Crippen molar-refractivity contribution in [3.63, 3.8) is 0 Å². The second-order valence-electron chi connectivity index (χ2n) is 3.63. The molecule has 1 saturated carbocycles. The molecule has 0 spiro atoms. The highest BCUT2D eigenvalue weighted by Gasteiger charge is 2.26. The molecule has 2 N–H and O–H groups in total. The molecule has 1 aromatic rings. The normalized spacial score (nSPS) is 29.4. The molecule has 0 bridgehead atoms. The maximum absolute atomic E-state index is 5.60. The highest BCUT2D eigenvalue weighted by atomic mass is 32.1. The summed E-state index contributed by atoms with van der Waals surface area (Å²) in [5.74, 6) is 1.48. The Kier molecular flexibility index (Phi) is 2.05. The molecule has 1 aliphatic carbocycles. The third kappa shape index (κ3) is 1.33. The van der Waals surface area contributed by atoms with Crippen LogP contribution in [0.3, 0.4) is 0 Å². The summed E-state index contributed by atoms with van der Waals surface area (Å²) in [7, 11) is 0. The first-order valence-corrected chi connectivity index (χ1v) is 5.36. The van der Waals surface area contributed by atoms with E-state index in [2.05, 4.69) is 17.3 Å². The summed E-state index contributed by atoms with van der Waals surface area (Å²) in [6.07, 6.45) is 4.00. The Labute approximate surface area is 76.8 Å². The minimum Gasteiger partial charge on any atom is -0.375 e. The SMILES string of the molecule is CC1CCCC1c1csc(N)n1. The second-order valence-corrected chi connectivity index (χ2v) is 4.51. The van der Waals surface area contributed by atoms with Crippen LogP contribution in [-0.4, -0.2) is 4.98 Å². The summed E-state index contributed by atoms with van der Waals surface area (Å²) in [4.78, 5) is 4.34. The van der Waals surface area contributed by atoms with E-state index in [0.717, 1.165) is 5.92 Å². The zero-order valence-electron chi connectivity index (χ0n) is 7.29. The molecule has 0 saturated heterocycles. The van der Waals surface area contributed by atoms with E-state index >= 15 is 0 Å². The largest absolute Gasteiger partial charge is 0.375 e. The predicted molar refractivity (Wildman–Crippen MR) is 52.3 cm³/mol. The zero-order valence-corrected chi connectivity index (χ0v) is 8.10. The van der Waals surface area contributed by atoms with Gasteiger partial charge in [0.05, 0.1) is 5.69 Å². The fraction of sp³-hybridized carbons (Fsp3) is 0.667. The lowest BCUT2D eigenvalue weighted by molar-refractivity contribution is 0.525. The van der Waals surface area contributed by atoms with E-state index in [1.54, 1.807) is 11.3 Å². The molecule has 0 radical (unpaired) electrons. The van der Waals surface area contributed by atoms with Gasteiger partial charge in [-0.05, 0) is 12.3 Å². The quantitative estimate of drug-likeness (QED) is 0.725. The van der Waals surface area contributed by atoms with Crippen LogP contribution in [0.15, 0.2) is 5.38 Å². The molecule has 3 heteroatoms. The van der Waals surface area contributed by atoms with Crippen LogP contribution in [0.4, 0.5) is 5.13 Å². The molecule has 2 nitrogen and oxygen atoms in total. The molecule has 1 aromatic heterocycles. The average Bonchev–Trinajstić information content (AvgIpc) is 2.58. The molecule has 1 heterocycles. The zero-order chi connectivity index (χ0) is 8.55. The number of nitrogens with two attached hydrogens (primary N) is 1. The Balaban J connectivity index is 2.19. The van der Waals surface area contributed by atoms with Crippen molar-refractivity contribution in [3.05, 3.63) is 11.1 Å². The van der Waals surface area contributed by atoms with Crippen molar-refractivity contribution in [2.75, 3.05) is 5.73 Å². The molecule has 2 atom stereocenters. The van der Waals surface area contributed by atoms with Gasteiger partial charge in [0.2, 0.25) is 0 Å². The number of thiazole rings is 1. The van der Waals surface area contributed by atoms with Gasteiger partial charge in [0, 0.05) is 11.3 Å². The highest BCUT2D eigenvalue weighted by molar-refractivity contribution is 7.13.